The average Bonchev–Trinajstić information content (AvgIpc) is 2.38. The minimum atomic E-state index is -0.396. The zero-order valence-electron chi connectivity index (χ0n) is 9.89. The van der Waals surface area contributed by atoms with Gasteiger partial charge in [0.2, 0.25) is 0 Å². The summed E-state index contributed by atoms with van der Waals surface area (Å²) in [5, 5.41) is 14.7. The first-order valence-electron chi connectivity index (χ1n) is 5.91. The monoisotopic (exact) mass is 270 g/mol. The summed E-state index contributed by atoms with van der Waals surface area (Å²) < 4.78 is 5.26. The van der Waals surface area contributed by atoms with Crippen molar-refractivity contribution in [2.75, 3.05) is 13.2 Å². The minimum Gasteiger partial charge on any atom is -0.381 e. The van der Waals surface area contributed by atoms with E-state index in [9.17, 15) is 10.1 Å². The van der Waals surface area contributed by atoms with Crippen molar-refractivity contribution in [3.8, 4) is 0 Å². The highest BCUT2D eigenvalue weighted by Crippen LogP contribution is 2.26. The van der Waals surface area contributed by atoms with Crippen LogP contribution in [-0.2, 0) is 11.3 Å². The van der Waals surface area contributed by atoms with Crippen LogP contribution in [0.4, 0.5) is 5.69 Å². The van der Waals surface area contributed by atoms with Crippen LogP contribution in [0.2, 0.25) is 5.02 Å². The molecule has 0 radical (unpaired) electrons. The maximum atomic E-state index is 10.9. The van der Waals surface area contributed by atoms with E-state index in [1.165, 1.54) is 6.07 Å². The minimum absolute atomic E-state index is 0.0714. The quantitative estimate of drug-likeness (QED) is 0.674. The van der Waals surface area contributed by atoms with Crippen LogP contribution in [0.1, 0.15) is 18.4 Å². The molecule has 1 heterocycles. The van der Waals surface area contributed by atoms with E-state index in [1.807, 2.05) is 0 Å². The first-order chi connectivity index (χ1) is 8.68. The maximum Gasteiger partial charge on any atom is 0.275 e. The van der Waals surface area contributed by atoms with Crippen molar-refractivity contribution in [1.82, 2.24) is 5.32 Å². The summed E-state index contributed by atoms with van der Waals surface area (Å²) >= 11 is 6.02. The Morgan fingerprint density at radius 3 is 2.83 bits per heavy atom. The van der Waals surface area contributed by atoms with Crippen molar-refractivity contribution in [3.05, 3.63) is 38.9 Å². The SMILES string of the molecule is O=[N+]([O-])c1cccc(Cl)c1CNC1CCOCC1. The number of nitrogens with zero attached hydrogens (tertiary/aromatic N) is 1. The molecule has 1 N–H and O–H groups in total. The average molecular weight is 271 g/mol. The van der Waals surface area contributed by atoms with Crippen molar-refractivity contribution < 1.29 is 9.66 Å². The molecule has 1 aromatic carbocycles. The fraction of sp³-hybridized carbons (Fsp3) is 0.500. The summed E-state index contributed by atoms with van der Waals surface area (Å²) in [5.74, 6) is 0. The number of hydrogen-bond acceptors (Lipinski definition) is 4. The molecule has 6 heteroatoms. The van der Waals surface area contributed by atoms with E-state index in [4.69, 9.17) is 16.3 Å². The van der Waals surface area contributed by atoms with E-state index < -0.39 is 4.92 Å². The van der Waals surface area contributed by atoms with Gasteiger partial charge in [-0.25, -0.2) is 0 Å². The molecule has 1 saturated heterocycles. The highest BCUT2D eigenvalue weighted by molar-refractivity contribution is 6.31. The molecule has 1 aliphatic heterocycles. The molecule has 0 amide bonds. The molecule has 18 heavy (non-hydrogen) atoms. The predicted octanol–water partition coefficient (Wildman–Crippen LogP) is 2.52. The molecule has 0 spiro atoms. The van der Waals surface area contributed by atoms with Crippen molar-refractivity contribution in [2.24, 2.45) is 0 Å². The third-order valence-electron chi connectivity index (χ3n) is 3.08. The van der Waals surface area contributed by atoms with Gasteiger partial charge in [-0.1, -0.05) is 17.7 Å². The molecular weight excluding hydrogens is 256 g/mol. The molecule has 1 aliphatic rings. The number of ether oxygens (including phenoxy) is 1. The second-order valence-corrected chi connectivity index (χ2v) is 4.67. The number of halogens is 1. The van der Waals surface area contributed by atoms with Crippen molar-refractivity contribution in [3.63, 3.8) is 0 Å². The molecule has 1 fully saturated rings. The Bertz CT molecular complexity index is 433. The Balaban J connectivity index is 2.05. The largest absolute Gasteiger partial charge is 0.381 e. The number of nitro benzene ring substituents is 1. The predicted molar refractivity (Wildman–Crippen MR) is 68.8 cm³/mol. The molecule has 5 nitrogen and oxygen atoms in total. The summed E-state index contributed by atoms with van der Waals surface area (Å²) in [6, 6.07) is 5.09. The van der Waals surface area contributed by atoms with Crippen molar-refractivity contribution >= 4 is 17.3 Å². The van der Waals surface area contributed by atoms with E-state index in [0.717, 1.165) is 26.1 Å². The van der Waals surface area contributed by atoms with Crippen molar-refractivity contribution in [1.29, 1.82) is 0 Å². The lowest BCUT2D eigenvalue weighted by molar-refractivity contribution is -0.385. The molecule has 0 unspecified atom stereocenters. The Kier molecular flexibility index (Phi) is 4.52. The summed E-state index contributed by atoms with van der Waals surface area (Å²) in [7, 11) is 0. The molecule has 0 aliphatic carbocycles. The lowest BCUT2D eigenvalue weighted by atomic mass is 10.1. The van der Waals surface area contributed by atoms with Crippen LogP contribution in [-0.4, -0.2) is 24.2 Å². The Morgan fingerprint density at radius 1 is 1.44 bits per heavy atom. The lowest BCUT2D eigenvalue weighted by Crippen LogP contribution is -2.34. The van der Waals surface area contributed by atoms with Gasteiger partial charge >= 0.3 is 0 Å². The van der Waals surface area contributed by atoms with Crippen LogP contribution in [0, 0.1) is 10.1 Å². The second kappa shape index (κ2) is 6.13. The van der Waals surface area contributed by atoms with E-state index in [-0.39, 0.29) is 5.69 Å². The van der Waals surface area contributed by atoms with E-state index in [2.05, 4.69) is 5.32 Å². The van der Waals surface area contributed by atoms with Gasteiger partial charge in [-0.3, -0.25) is 10.1 Å². The zero-order valence-corrected chi connectivity index (χ0v) is 10.7. The number of hydrogen-bond donors (Lipinski definition) is 1. The Morgan fingerprint density at radius 2 is 2.17 bits per heavy atom. The van der Waals surface area contributed by atoms with Crippen molar-refractivity contribution in [2.45, 2.75) is 25.4 Å². The molecular formula is C12H15ClN2O3. The van der Waals surface area contributed by atoms with Gasteiger partial charge in [-0.15, -0.1) is 0 Å². The van der Waals surface area contributed by atoms with Gasteiger partial charge in [-0.05, 0) is 18.9 Å². The third kappa shape index (κ3) is 3.19. The molecule has 2 rings (SSSR count). The molecule has 98 valence electrons. The number of nitrogens with one attached hydrogen (secondary N) is 1. The summed E-state index contributed by atoms with van der Waals surface area (Å²) in [6.45, 7) is 1.89. The highest BCUT2D eigenvalue weighted by Gasteiger charge is 2.19. The summed E-state index contributed by atoms with van der Waals surface area (Å²) in [4.78, 5) is 10.5. The molecule has 0 aromatic heterocycles. The Labute approximate surface area is 110 Å². The zero-order chi connectivity index (χ0) is 13.0. The van der Waals surface area contributed by atoms with Gasteiger partial charge in [0.05, 0.1) is 15.5 Å². The van der Waals surface area contributed by atoms with Gasteiger partial charge in [0.15, 0.2) is 0 Å². The topological polar surface area (TPSA) is 64.4 Å². The van der Waals surface area contributed by atoms with E-state index >= 15 is 0 Å². The van der Waals surface area contributed by atoms with Crippen LogP contribution in [0.15, 0.2) is 18.2 Å². The normalized spacial score (nSPS) is 16.7. The smallest absolute Gasteiger partial charge is 0.275 e. The van der Waals surface area contributed by atoms with Gasteiger partial charge in [0, 0.05) is 31.9 Å². The van der Waals surface area contributed by atoms with Crippen LogP contribution < -0.4 is 5.32 Å². The molecule has 0 bridgehead atoms. The number of rotatable bonds is 4. The van der Waals surface area contributed by atoms with E-state index in [0.29, 0.717) is 23.2 Å². The number of nitro groups is 1. The number of benzene rings is 1. The van der Waals surface area contributed by atoms with Gasteiger partial charge in [0.1, 0.15) is 0 Å². The fourth-order valence-corrected chi connectivity index (χ4v) is 2.28. The summed E-state index contributed by atoms with van der Waals surface area (Å²) in [6.07, 6.45) is 1.86. The Hall–Kier alpha value is -1.17. The van der Waals surface area contributed by atoms with Gasteiger partial charge in [-0.2, -0.15) is 0 Å². The molecule has 1 aromatic rings. The van der Waals surface area contributed by atoms with Crippen LogP contribution in [0.5, 0.6) is 0 Å². The first-order valence-corrected chi connectivity index (χ1v) is 6.29. The first kappa shape index (κ1) is 13.3. The molecule has 0 saturated carbocycles. The molecule has 0 atom stereocenters. The third-order valence-corrected chi connectivity index (χ3v) is 3.43. The highest BCUT2D eigenvalue weighted by atomic mass is 35.5. The van der Waals surface area contributed by atoms with Crippen LogP contribution in [0.25, 0.3) is 0 Å². The van der Waals surface area contributed by atoms with Crippen LogP contribution in [0.3, 0.4) is 0 Å². The lowest BCUT2D eigenvalue weighted by Gasteiger charge is -2.23. The maximum absolute atomic E-state index is 10.9. The second-order valence-electron chi connectivity index (χ2n) is 4.26. The summed E-state index contributed by atoms with van der Waals surface area (Å²) in [5.41, 5.74) is 0.623. The standard InChI is InChI=1S/C12H15ClN2O3/c13-11-2-1-3-12(15(16)17)10(11)8-14-9-4-6-18-7-5-9/h1-3,9,14H,4-8H2. The van der Waals surface area contributed by atoms with Crippen LogP contribution >= 0.6 is 11.6 Å². The van der Waals surface area contributed by atoms with Gasteiger partial charge < -0.3 is 10.1 Å². The fourth-order valence-electron chi connectivity index (χ4n) is 2.04. The van der Waals surface area contributed by atoms with Gasteiger partial charge in [0.25, 0.3) is 5.69 Å². The van der Waals surface area contributed by atoms with E-state index in [1.54, 1.807) is 12.1 Å².